The summed E-state index contributed by atoms with van der Waals surface area (Å²) in [6.45, 7) is 7.13. The average Bonchev–Trinajstić information content (AvgIpc) is 2.19. The quantitative estimate of drug-likeness (QED) is 0.882. The Morgan fingerprint density at radius 2 is 2.19 bits per heavy atom. The van der Waals surface area contributed by atoms with E-state index in [1.54, 1.807) is 6.07 Å². The fraction of sp³-hybridized carbons (Fsp3) is 0.385. The lowest BCUT2D eigenvalue weighted by atomic mass is 10.1. The van der Waals surface area contributed by atoms with E-state index >= 15 is 0 Å². The second-order valence-corrected chi connectivity index (χ2v) is 5.05. The van der Waals surface area contributed by atoms with Gasteiger partial charge in [-0.2, -0.15) is 0 Å². The molecule has 3 heteroatoms. The number of nitrogens with one attached hydrogen (secondary N) is 1. The van der Waals surface area contributed by atoms with E-state index in [0.29, 0.717) is 6.04 Å². The second kappa shape index (κ2) is 6.16. The summed E-state index contributed by atoms with van der Waals surface area (Å²) in [7, 11) is 0. The van der Waals surface area contributed by atoms with Crippen LogP contribution in [0.1, 0.15) is 26.3 Å². The monoisotopic (exact) mass is 285 g/mol. The van der Waals surface area contributed by atoms with Gasteiger partial charge in [0.05, 0.1) is 0 Å². The number of hydrogen-bond donors (Lipinski definition) is 1. The minimum Gasteiger partial charge on any atom is -0.311 e. The molecule has 0 atom stereocenters. The van der Waals surface area contributed by atoms with Gasteiger partial charge >= 0.3 is 0 Å². The normalized spacial score (nSPS) is 12.2. The number of rotatable bonds is 4. The van der Waals surface area contributed by atoms with Crippen molar-refractivity contribution < 1.29 is 4.39 Å². The second-order valence-electron chi connectivity index (χ2n) is 4.19. The highest BCUT2D eigenvalue weighted by molar-refractivity contribution is 9.10. The molecule has 0 saturated carbocycles. The smallest absolute Gasteiger partial charge is 0.124 e. The van der Waals surface area contributed by atoms with Gasteiger partial charge in [0.2, 0.25) is 0 Å². The fourth-order valence-corrected chi connectivity index (χ4v) is 1.77. The standard InChI is InChI=1S/C13H17BrFN/c1-9(2)16-8-10(3)6-11-4-5-12(15)7-13(11)14/h4-7,9,16H,8H2,1-3H3/b10-6+. The molecule has 0 radical (unpaired) electrons. The highest BCUT2D eigenvalue weighted by atomic mass is 79.9. The molecule has 0 heterocycles. The highest BCUT2D eigenvalue weighted by Crippen LogP contribution is 2.20. The molecular weight excluding hydrogens is 269 g/mol. The van der Waals surface area contributed by atoms with E-state index < -0.39 is 0 Å². The first kappa shape index (κ1) is 13.4. The van der Waals surface area contributed by atoms with Crippen molar-refractivity contribution in [2.24, 2.45) is 0 Å². The first-order valence-electron chi connectivity index (χ1n) is 5.34. The number of benzene rings is 1. The lowest BCUT2D eigenvalue weighted by Crippen LogP contribution is -2.24. The Labute approximate surface area is 105 Å². The highest BCUT2D eigenvalue weighted by Gasteiger charge is 2.00. The Morgan fingerprint density at radius 1 is 1.50 bits per heavy atom. The number of halogens is 2. The summed E-state index contributed by atoms with van der Waals surface area (Å²) in [6.07, 6.45) is 2.05. The average molecular weight is 286 g/mol. The predicted octanol–water partition coefficient (Wildman–Crippen LogP) is 3.99. The third-order valence-electron chi connectivity index (χ3n) is 2.15. The van der Waals surface area contributed by atoms with Gasteiger partial charge in [0.1, 0.15) is 5.82 Å². The van der Waals surface area contributed by atoms with Crippen LogP contribution in [0.15, 0.2) is 28.2 Å². The van der Waals surface area contributed by atoms with E-state index in [-0.39, 0.29) is 5.82 Å². The third-order valence-corrected chi connectivity index (χ3v) is 2.84. The minimum absolute atomic E-state index is 0.220. The molecule has 0 amide bonds. The minimum atomic E-state index is -0.220. The molecule has 88 valence electrons. The molecule has 0 aliphatic carbocycles. The predicted molar refractivity (Wildman–Crippen MR) is 70.9 cm³/mol. The Bertz CT molecular complexity index is 386. The Kier molecular flexibility index (Phi) is 5.16. The lowest BCUT2D eigenvalue weighted by Gasteiger charge is -2.08. The third kappa shape index (κ3) is 4.45. The van der Waals surface area contributed by atoms with E-state index in [1.807, 2.05) is 0 Å². The SMILES string of the molecule is C/C(=C\c1ccc(F)cc1Br)CNC(C)C. The van der Waals surface area contributed by atoms with E-state index in [0.717, 1.165) is 16.6 Å². The van der Waals surface area contributed by atoms with E-state index in [1.165, 1.54) is 17.7 Å². The summed E-state index contributed by atoms with van der Waals surface area (Å²) in [5, 5.41) is 3.34. The molecule has 0 bridgehead atoms. The molecule has 0 aliphatic rings. The Morgan fingerprint density at radius 3 is 2.75 bits per heavy atom. The van der Waals surface area contributed by atoms with E-state index in [2.05, 4.69) is 48.1 Å². The molecule has 0 unspecified atom stereocenters. The zero-order chi connectivity index (χ0) is 12.1. The van der Waals surface area contributed by atoms with Crippen molar-refractivity contribution in [1.82, 2.24) is 5.32 Å². The lowest BCUT2D eigenvalue weighted by molar-refractivity contribution is 0.622. The summed E-state index contributed by atoms with van der Waals surface area (Å²) >= 11 is 3.35. The van der Waals surface area contributed by atoms with Crippen molar-refractivity contribution >= 4 is 22.0 Å². The van der Waals surface area contributed by atoms with E-state index in [4.69, 9.17) is 0 Å². The summed E-state index contributed by atoms with van der Waals surface area (Å²) in [5.74, 6) is -0.220. The maximum Gasteiger partial charge on any atom is 0.124 e. The van der Waals surface area contributed by atoms with Gasteiger partial charge in [-0.05, 0) is 24.6 Å². The maximum atomic E-state index is 12.9. The van der Waals surface area contributed by atoms with Gasteiger partial charge in [-0.15, -0.1) is 0 Å². The first-order valence-corrected chi connectivity index (χ1v) is 6.14. The van der Waals surface area contributed by atoms with Crippen LogP contribution in [-0.2, 0) is 0 Å². The van der Waals surface area contributed by atoms with Gasteiger partial charge in [0.25, 0.3) is 0 Å². The van der Waals surface area contributed by atoms with Crippen LogP contribution >= 0.6 is 15.9 Å². The molecule has 1 rings (SSSR count). The molecule has 1 aromatic carbocycles. The summed E-state index contributed by atoms with van der Waals surface area (Å²) < 4.78 is 13.7. The topological polar surface area (TPSA) is 12.0 Å². The van der Waals surface area contributed by atoms with Crippen molar-refractivity contribution in [3.63, 3.8) is 0 Å². The fourth-order valence-electron chi connectivity index (χ4n) is 1.30. The van der Waals surface area contributed by atoms with Crippen LogP contribution in [0.5, 0.6) is 0 Å². The Hall–Kier alpha value is -0.670. The van der Waals surface area contributed by atoms with Crippen molar-refractivity contribution in [3.8, 4) is 0 Å². The van der Waals surface area contributed by atoms with Crippen LogP contribution in [0, 0.1) is 5.82 Å². The van der Waals surface area contributed by atoms with Crippen molar-refractivity contribution in [3.05, 3.63) is 39.6 Å². The molecule has 1 nitrogen and oxygen atoms in total. The zero-order valence-corrected chi connectivity index (χ0v) is 11.4. The molecule has 0 aliphatic heterocycles. The molecule has 0 fully saturated rings. The molecule has 16 heavy (non-hydrogen) atoms. The molecule has 0 saturated heterocycles. The van der Waals surface area contributed by atoms with Gasteiger partial charge < -0.3 is 5.32 Å². The van der Waals surface area contributed by atoms with Crippen molar-refractivity contribution in [2.75, 3.05) is 6.54 Å². The molecule has 1 aromatic rings. The van der Waals surface area contributed by atoms with Crippen molar-refractivity contribution in [2.45, 2.75) is 26.8 Å². The van der Waals surface area contributed by atoms with Crippen LogP contribution < -0.4 is 5.32 Å². The summed E-state index contributed by atoms with van der Waals surface area (Å²) in [5.41, 5.74) is 2.23. The van der Waals surface area contributed by atoms with Gasteiger partial charge in [0.15, 0.2) is 0 Å². The van der Waals surface area contributed by atoms with Crippen LogP contribution in [-0.4, -0.2) is 12.6 Å². The Balaban J connectivity index is 2.74. The molecule has 0 aromatic heterocycles. The number of hydrogen-bond acceptors (Lipinski definition) is 1. The van der Waals surface area contributed by atoms with E-state index in [9.17, 15) is 4.39 Å². The van der Waals surface area contributed by atoms with Gasteiger partial charge in [0, 0.05) is 17.1 Å². The van der Waals surface area contributed by atoms with Crippen LogP contribution in [0.3, 0.4) is 0 Å². The van der Waals surface area contributed by atoms with Crippen LogP contribution in [0.4, 0.5) is 4.39 Å². The molecular formula is C13H17BrFN. The maximum absolute atomic E-state index is 12.9. The van der Waals surface area contributed by atoms with Gasteiger partial charge in [-0.3, -0.25) is 0 Å². The zero-order valence-electron chi connectivity index (χ0n) is 9.85. The van der Waals surface area contributed by atoms with Crippen LogP contribution in [0.25, 0.3) is 6.08 Å². The molecule has 0 spiro atoms. The van der Waals surface area contributed by atoms with Gasteiger partial charge in [-0.25, -0.2) is 4.39 Å². The van der Waals surface area contributed by atoms with Crippen molar-refractivity contribution in [1.29, 1.82) is 0 Å². The first-order chi connectivity index (χ1) is 7.49. The molecule has 1 N–H and O–H groups in total. The van der Waals surface area contributed by atoms with Crippen LogP contribution in [0.2, 0.25) is 0 Å². The van der Waals surface area contributed by atoms with Gasteiger partial charge in [-0.1, -0.05) is 47.5 Å². The largest absolute Gasteiger partial charge is 0.311 e. The summed E-state index contributed by atoms with van der Waals surface area (Å²) in [4.78, 5) is 0. The summed E-state index contributed by atoms with van der Waals surface area (Å²) in [6, 6.07) is 5.20.